The number of methoxy groups -OCH3 is 1. The maximum atomic E-state index is 13.7. The molecule has 6 rings (SSSR count). The van der Waals surface area contributed by atoms with Gasteiger partial charge in [0.25, 0.3) is 11.8 Å². The Bertz CT molecular complexity index is 1750. The van der Waals surface area contributed by atoms with Crippen molar-refractivity contribution in [3.05, 3.63) is 112 Å². The third-order valence-corrected chi connectivity index (χ3v) is 8.74. The fourth-order valence-electron chi connectivity index (χ4n) is 4.80. The SMILES string of the molecule is COc1ccc(C2CC(c3cccs3)=NN2C(=O)CSc2nnc(CNC(=O)c3ccco3)n2-c2cccc(C)c2)cc1. The third-order valence-electron chi connectivity index (χ3n) is 6.91. The van der Waals surface area contributed by atoms with Crippen LogP contribution in [0.4, 0.5) is 0 Å². The molecule has 0 spiro atoms. The van der Waals surface area contributed by atoms with E-state index in [-0.39, 0.29) is 35.9 Å². The Morgan fingerprint density at radius 1 is 1.09 bits per heavy atom. The highest BCUT2D eigenvalue weighted by Crippen LogP contribution is 2.35. The summed E-state index contributed by atoms with van der Waals surface area (Å²) < 4.78 is 12.4. The molecule has 1 aliphatic heterocycles. The normalized spacial score (nSPS) is 14.5. The smallest absolute Gasteiger partial charge is 0.287 e. The standard InChI is InChI=1S/C31H28N6O4S2/c1-20-6-3-7-22(16-20)36-28(18-32-30(39)26-8-4-14-41-26)33-34-31(36)43-19-29(38)37-25(21-10-12-23(40-2)13-11-21)17-24(35-37)27-9-5-15-42-27/h3-16,25H,17-19H2,1-2H3,(H,32,39). The van der Waals surface area contributed by atoms with Crippen LogP contribution in [0.5, 0.6) is 5.75 Å². The van der Waals surface area contributed by atoms with Gasteiger partial charge in [0.1, 0.15) is 5.75 Å². The fourth-order valence-corrected chi connectivity index (χ4v) is 6.34. The van der Waals surface area contributed by atoms with E-state index in [4.69, 9.17) is 14.3 Å². The highest BCUT2D eigenvalue weighted by molar-refractivity contribution is 7.99. The van der Waals surface area contributed by atoms with Crippen molar-refractivity contribution in [2.75, 3.05) is 12.9 Å². The van der Waals surface area contributed by atoms with Gasteiger partial charge < -0.3 is 14.5 Å². The van der Waals surface area contributed by atoms with E-state index in [9.17, 15) is 9.59 Å². The zero-order valence-electron chi connectivity index (χ0n) is 23.5. The van der Waals surface area contributed by atoms with Crippen LogP contribution in [0.2, 0.25) is 0 Å². The molecule has 1 N–H and O–H groups in total. The van der Waals surface area contributed by atoms with E-state index in [1.165, 1.54) is 18.0 Å². The van der Waals surface area contributed by atoms with Gasteiger partial charge in [-0.25, -0.2) is 5.01 Å². The first-order chi connectivity index (χ1) is 21.0. The van der Waals surface area contributed by atoms with E-state index in [1.54, 1.807) is 35.6 Å². The van der Waals surface area contributed by atoms with Crippen molar-refractivity contribution in [1.29, 1.82) is 0 Å². The molecule has 0 bridgehead atoms. The Hall–Kier alpha value is -4.68. The van der Waals surface area contributed by atoms with Gasteiger partial charge in [0, 0.05) is 12.1 Å². The fraction of sp³-hybridized carbons (Fsp3) is 0.194. The number of aryl methyl sites for hydroxylation is 1. The average Bonchev–Trinajstić information content (AvgIpc) is 3.85. The molecule has 43 heavy (non-hydrogen) atoms. The number of amides is 2. The van der Waals surface area contributed by atoms with Gasteiger partial charge in [-0.2, -0.15) is 5.10 Å². The van der Waals surface area contributed by atoms with Crippen LogP contribution in [0.3, 0.4) is 0 Å². The number of rotatable bonds is 10. The van der Waals surface area contributed by atoms with Crippen LogP contribution in [-0.4, -0.2) is 50.2 Å². The molecule has 12 heteroatoms. The van der Waals surface area contributed by atoms with E-state index in [0.29, 0.717) is 17.4 Å². The molecule has 3 aromatic heterocycles. The summed E-state index contributed by atoms with van der Waals surface area (Å²) in [6, 6.07) is 22.6. The van der Waals surface area contributed by atoms with Gasteiger partial charge in [0.05, 0.1) is 42.3 Å². The minimum atomic E-state index is -0.355. The van der Waals surface area contributed by atoms with Crippen molar-refractivity contribution in [3.8, 4) is 11.4 Å². The molecule has 4 heterocycles. The van der Waals surface area contributed by atoms with Crippen molar-refractivity contribution < 1.29 is 18.7 Å². The van der Waals surface area contributed by atoms with Crippen LogP contribution < -0.4 is 10.1 Å². The highest BCUT2D eigenvalue weighted by atomic mass is 32.2. The van der Waals surface area contributed by atoms with Crippen LogP contribution in [-0.2, 0) is 11.3 Å². The van der Waals surface area contributed by atoms with Gasteiger partial charge in [-0.1, -0.05) is 42.1 Å². The topological polar surface area (TPSA) is 115 Å². The molecule has 218 valence electrons. The largest absolute Gasteiger partial charge is 0.497 e. The number of carbonyl (C=O) groups is 2. The van der Waals surface area contributed by atoms with E-state index >= 15 is 0 Å². The van der Waals surface area contributed by atoms with Crippen molar-refractivity contribution in [1.82, 2.24) is 25.1 Å². The summed E-state index contributed by atoms with van der Waals surface area (Å²) in [6.07, 6.45) is 2.06. The van der Waals surface area contributed by atoms with E-state index < -0.39 is 0 Å². The Balaban J connectivity index is 1.24. The van der Waals surface area contributed by atoms with Gasteiger partial charge in [0.15, 0.2) is 16.7 Å². The number of benzene rings is 2. The lowest BCUT2D eigenvalue weighted by Crippen LogP contribution is -2.28. The van der Waals surface area contributed by atoms with E-state index in [1.807, 2.05) is 77.5 Å². The third kappa shape index (κ3) is 6.25. The number of thiophene rings is 1. The van der Waals surface area contributed by atoms with Crippen LogP contribution >= 0.6 is 23.1 Å². The Kier molecular flexibility index (Phi) is 8.38. The van der Waals surface area contributed by atoms with Crippen molar-refractivity contribution in [3.63, 3.8) is 0 Å². The van der Waals surface area contributed by atoms with Crippen molar-refractivity contribution >= 4 is 40.6 Å². The number of aromatic nitrogens is 3. The molecule has 1 unspecified atom stereocenters. The van der Waals surface area contributed by atoms with Crippen molar-refractivity contribution in [2.24, 2.45) is 5.10 Å². The Morgan fingerprint density at radius 2 is 1.95 bits per heavy atom. The quantitative estimate of drug-likeness (QED) is 0.203. The van der Waals surface area contributed by atoms with Crippen LogP contribution in [0.15, 0.2) is 99.1 Å². The summed E-state index contributed by atoms with van der Waals surface area (Å²) in [7, 11) is 1.63. The number of furan rings is 1. The van der Waals surface area contributed by atoms with E-state index in [0.717, 1.165) is 33.2 Å². The maximum absolute atomic E-state index is 13.7. The number of ether oxygens (including phenoxy) is 1. The molecular weight excluding hydrogens is 585 g/mol. The molecule has 2 aromatic carbocycles. The molecule has 0 fully saturated rings. The number of nitrogens with zero attached hydrogens (tertiary/aromatic N) is 5. The summed E-state index contributed by atoms with van der Waals surface area (Å²) in [4.78, 5) is 27.3. The molecule has 5 aromatic rings. The summed E-state index contributed by atoms with van der Waals surface area (Å²) >= 11 is 2.88. The summed E-state index contributed by atoms with van der Waals surface area (Å²) in [6.45, 7) is 2.12. The lowest BCUT2D eigenvalue weighted by atomic mass is 10.0. The Labute approximate surface area is 256 Å². The minimum absolute atomic E-state index is 0.0938. The monoisotopic (exact) mass is 612 g/mol. The van der Waals surface area contributed by atoms with Crippen LogP contribution in [0, 0.1) is 6.92 Å². The molecule has 1 atom stereocenters. The predicted octanol–water partition coefficient (Wildman–Crippen LogP) is 5.64. The van der Waals surface area contributed by atoms with Crippen molar-refractivity contribution in [2.45, 2.75) is 31.1 Å². The minimum Gasteiger partial charge on any atom is -0.497 e. The molecular formula is C31H28N6O4S2. The molecule has 10 nitrogen and oxygen atoms in total. The summed E-state index contributed by atoms with van der Waals surface area (Å²) in [5, 5.41) is 20.5. The number of carbonyl (C=O) groups excluding carboxylic acids is 2. The van der Waals surface area contributed by atoms with Gasteiger partial charge >= 0.3 is 0 Å². The first kappa shape index (κ1) is 28.4. The second-order valence-electron chi connectivity index (χ2n) is 9.78. The van der Waals surface area contributed by atoms with Gasteiger partial charge in [0.2, 0.25) is 0 Å². The maximum Gasteiger partial charge on any atom is 0.287 e. The molecule has 0 saturated carbocycles. The molecule has 0 saturated heterocycles. The van der Waals surface area contributed by atoms with Gasteiger partial charge in [-0.15, -0.1) is 21.5 Å². The van der Waals surface area contributed by atoms with E-state index in [2.05, 4.69) is 15.5 Å². The Morgan fingerprint density at radius 3 is 2.67 bits per heavy atom. The second-order valence-corrected chi connectivity index (χ2v) is 11.7. The molecule has 0 aliphatic carbocycles. The highest BCUT2D eigenvalue weighted by Gasteiger charge is 2.33. The summed E-state index contributed by atoms with van der Waals surface area (Å²) in [5.41, 5.74) is 3.75. The first-order valence-electron chi connectivity index (χ1n) is 13.5. The van der Waals surface area contributed by atoms with Gasteiger partial charge in [-0.05, 0) is 65.9 Å². The zero-order chi connectivity index (χ0) is 29.8. The molecule has 2 amide bonds. The molecule has 0 radical (unpaired) electrons. The number of hydrazone groups is 1. The number of hydrogen-bond acceptors (Lipinski definition) is 9. The average molecular weight is 613 g/mol. The summed E-state index contributed by atoms with van der Waals surface area (Å²) in [5.74, 6) is 1.07. The molecule has 1 aliphatic rings. The first-order valence-corrected chi connectivity index (χ1v) is 15.4. The number of thioether (sulfide) groups is 1. The number of hydrogen-bond donors (Lipinski definition) is 1. The lowest BCUT2D eigenvalue weighted by molar-refractivity contribution is -0.130. The zero-order valence-corrected chi connectivity index (χ0v) is 25.1. The number of nitrogens with one attached hydrogen (secondary N) is 1. The second kappa shape index (κ2) is 12.7. The lowest BCUT2D eigenvalue weighted by Gasteiger charge is -2.22. The van der Waals surface area contributed by atoms with Crippen LogP contribution in [0.25, 0.3) is 5.69 Å². The van der Waals surface area contributed by atoms with Gasteiger partial charge in [-0.3, -0.25) is 14.2 Å². The van der Waals surface area contributed by atoms with Crippen LogP contribution in [0.1, 0.15) is 44.8 Å². The predicted molar refractivity (Wildman–Crippen MR) is 165 cm³/mol.